The van der Waals surface area contributed by atoms with Crippen LogP contribution in [0.2, 0.25) is 5.15 Å². The van der Waals surface area contributed by atoms with Crippen LogP contribution >= 0.6 is 35.6 Å². The van der Waals surface area contributed by atoms with E-state index >= 15 is 0 Å². The number of benzene rings is 1. The number of halogens is 2. The van der Waals surface area contributed by atoms with E-state index in [1.807, 2.05) is 30.3 Å². The maximum Gasteiger partial charge on any atom is 0.259 e. The molecule has 29 heavy (non-hydrogen) atoms. The van der Waals surface area contributed by atoms with Crippen molar-refractivity contribution in [3.8, 4) is 5.75 Å². The fourth-order valence-corrected chi connectivity index (χ4v) is 2.42. The molecule has 0 aliphatic carbocycles. The van der Waals surface area contributed by atoms with Crippen molar-refractivity contribution >= 4 is 47.4 Å². The van der Waals surface area contributed by atoms with Gasteiger partial charge in [-0.25, -0.2) is 4.98 Å². The van der Waals surface area contributed by atoms with E-state index in [4.69, 9.17) is 16.3 Å². The number of nitrogens with one attached hydrogen (secondary N) is 2. The maximum atomic E-state index is 11.6. The zero-order chi connectivity index (χ0) is 20.4. The maximum absolute atomic E-state index is 11.6. The number of amides is 1. The molecule has 0 saturated heterocycles. The molecule has 9 heteroatoms. The monoisotopic (exact) mass is 531 g/mol. The summed E-state index contributed by atoms with van der Waals surface area (Å²) in [6, 6.07) is 11.4. The predicted molar refractivity (Wildman–Crippen MR) is 127 cm³/mol. The first-order valence-corrected chi connectivity index (χ1v) is 9.32. The number of nitrogens with zero attached hydrogens (tertiary/aromatic N) is 3. The van der Waals surface area contributed by atoms with Crippen molar-refractivity contribution in [1.29, 1.82) is 0 Å². The summed E-state index contributed by atoms with van der Waals surface area (Å²) >= 11 is 5.79. The average molecular weight is 532 g/mol. The summed E-state index contributed by atoms with van der Waals surface area (Å²) in [4.78, 5) is 21.4. The average Bonchev–Trinajstić information content (AvgIpc) is 2.70. The smallest absolute Gasteiger partial charge is 0.259 e. The van der Waals surface area contributed by atoms with E-state index in [1.54, 1.807) is 33.4 Å². The number of guanidine groups is 1. The van der Waals surface area contributed by atoms with E-state index in [0.717, 1.165) is 24.1 Å². The molecule has 1 heterocycles. The second-order valence-electron chi connectivity index (χ2n) is 6.32. The highest BCUT2D eigenvalue weighted by molar-refractivity contribution is 14.0. The molecule has 0 radical (unpaired) electrons. The van der Waals surface area contributed by atoms with Crippen LogP contribution in [0.25, 0.3) is 0 Å². The van der Waals surface area contributed by atoms with E-state index in [9.17, 15) is 4.79 Å². The minimum atomic E-state index is -0.0796. The third-order valence-electron chi connectivity index (χ3n) is 3.94. The molecule has 7 nitrogen and oxygen atoms in total. The van der Waals surface area contributed by atoms with Gasteiger partial charge in [-0.15, -0.1) is 24.0 Å². The fourth-order valence-electron chi connectivity index (χ4n) is 2.31. The molecule has 1 aromatic carbocycles. The van der Waals surface area contributed by atoms with Gasteiger partial charge in [0.15, 0.2) is 12.6 Å². The highest BCUT2D eigenvalue weighted by atomic mass is 127. The Balaban J connectivity index is 0.00000420. The summed E-state index contributed by atoms with van der Waals surface area (Å²) in [5.41, 5.74) is 2.13. The topological polar surface area (TPSA) is 78.9 Å². The van der Waals surface area contributed by atoms with Crippen LogP contribution in [0, 0.1) is 0 Å². The molecule has 0 unspecified atom stereocenters. The van der Waals surface area contributed by atoms with E-state index in [2.05, 4.69) is 20.6 Å². The van der Waals surface area contributed by atoms with Crippen LogP contribution in [0.3, 0.4) is 0 Å². The standard InChI is InChI=1S/C20H26ClN5O2.HI/c1-22-20(23-10-9-15-7-8-18(21)24-12-15)25-13-16-5-4-6-17(11-16)28-14-19(27)26(2)3;/h4-8,11-12H,9-10,13-14H2,1-3H3,(H2,22,23,25);1H. The van der Waals surface area contributed by atoms with Crippen LogP contribution in [-0.4, -0.2) is 56.0 Å². The Labute approximate surface area is 193 Å². The molecule has 2 N–H and O–H groups in total. The number of aliphatic imine (C=N–C) groups is 1. The number of aromatic nitrogens is 1. The Morgan fingerprint density at radius 3 is 2.66 bits per heavy atom. The van der Waals surface area contributed by atoms with Gasteiger partial charge < -0.3 is 20.3 Å². The van der Waals surface area contributed by atoms with Crippen molar-refractivity contribution < 1.29 is 9.53 Å². The van der Waals surface area contributed by atoms with E-state index in [-0.39, 0.29) is 36.5 Å². The molecule has 2 aromatic rings. The molecule has 0 fully saturated rings. The van der Waals surface area contributed by atoms with Gasteiger partial charge in [0.25, 0.3) is 5.91 Å². The van der Waals surface area contributed by atoms with Crippen LogP contribution in [0.4, 0.5) is 0 Å². The first-order valence-electron chi connectivity index (χ1n) is 8.95. The van der Waals surface area contributed by atoms with Crippen molar-refractivity contribution in [2.45, 2.75) is 13.0 Å². The third-order valence-corrected chi connectivity index (χ3v) is 4.16. The number of carbonyl (C=O) groups is 1. The van der Waals surface area contributed by atoms with Crippen LogP contribution in [0.1, 0.15) is 11.1 Å². The summed E-state index contributed by atoms with van der Waals surface area (Å²) in [6.45, 7) is 1.33. The quantitative estimate of drug-likeness (QED) is 0.237. The number of rotatable bonds is 8. The van der Waals surface area contributed by atoms with Crippen molar-refractivity contribution in [2.24, 2.45) is 4.99 Å². The molecule has 0 atom stereocenters. The Kier molecular flexibility index (Phi) is 11.4. The van der Waals surface area contributed by atoms with Gasteiger partial charge in [0.05, 0.1) is 0 Å². The number of likely N-dealkylation sites (N-methyl/N-ethyl adjacent to an activating group) is 1. The zero-order valence-corrected chi connectivity index (χ0v) is 19.9. The fraction of sp³-hybridized carbons (Fsp3) is 0.350. The number of carbonyl (C=O) groups excluding carboxylic acids is 1. The number of hydrogen-bond acceptors (Lipinski definition) is 4. The van der Waals surface area contributed by atoms with Gasteiger partial charge >= 0.3 is 0 Å². The Hall–Kier alpha value is -2.07. The summed E-state index contributed by atoms with van der Waals surface area (Å²) in [6.07, 6.45) is 2.58. The molecule has 0 bridgehead atoms. The molecule has 1 amide bonds. The van der Waals surface area contributed by atoms with Gasteiger partial charge in [-0.1, -0.05) is 29.8 Å². The van der Waals surface area contributed by atoms with Crippen LogP contribution in [0.5, 0.6) is 5.75 Å². The Morgan fingerprint density at radius 2 is 2.00 bits per heavy atom. The molecule has 0 aliphatic rings. The Bertz CT molecular complexity index is 800. The second-order valence-corrected chi connectivity index (χ2v) is 6.70. The predicted octanol–water partition coefficient (Wildman–Crippen LogP) is 2.73. The molecule has 0 spiro atoms. The van der Waals surface area contributed by atoms with Gasteiger partial charge in [-0.3, -0.25) is 9.79 Å². The largest absolute Gasteiger partial charge is 0.484 e. The van der Waals surface area contributed by atoms with E-state index < -0.39 is 0 Å². The number of pyridine rings is 1. The minimum Gasteiger partial charge on any atom is -0.484 e. The highest BCUT2D eigenvalue weighted by Gasteiger charge is 2.06. The molecule has 158 valence electrons. The lowest BCUT2D eigenvalue weighted by Gasteiger charge is -2.14. The molecule has 0 saturated carbocycles. The van der Waals surface area contributed by atoms with Gasteiger partial charge in [0, 0.05) is 40.4 Å². The molecule has 0 aliphatic heterocycles. The van der Waals surface area contributed by atoms with E-state index in [0.29, 0.717) is 23.4 Å². The van der Waals surface area contributed by atoms with Crippen molar-refractivity contribution in [3.05, 3.63) is 58.9 Å². The SMILES string of the molecule is CN=C(NCCc1ccc(Cl)nc1)NCc1cccc(OCC(=O)N(C)C)c1.I. The van der Waals surface area contributed by atoms with Gasteiger partial charge in [0.2, 0.25) is 0 Å². The van der Waals surface area contributed by atoms with Crippen molar-refractivity contribution in [2.75, 3.05) is 34.3 Å². The third kappa shape index (κ3) is 9.31. The van der Waals surface area contributed by atoms with Gasteiger partial charge in [0.1, 0.15) is 10.9 Å². The van der Waals surface area contributed by atoms with Crippen LogP contribution in [-0.2, 0) is 17.8 Å². The molecular weight excluding hydrogens is 505 g/mol. The molecular formula is C20H27ClIN5O2. The highest BCUT2D eigenvalue weighted by Crippen LogP contribution is 2.13. The number of ether oxygens (including phenoxy) is 1. The molecule has 1 aromatic heterocycles. The normalized spacial score (nSPS) is 10.7. The van der Waals surface area contributed by atoms with Crippen molar-refractivity contribution in [1.82, 2.24) is 20.5 Å². The summed E-state index contributed by atoms with van der Waals surface area (Å²) in [5.74, 6) is 1.28. The van der Waals surface area contributed by atoms with Crippen molar-refractivity contribution in [3.63, 3.8) is 0 Å². The van der Waals surface area contributed by atoms with Gasteiger partial charge in [-0.05, 0) is 35.7 Å². The lowest BCUT2D eigenvalue weighted by atomic mass is 10.2. The second kappa shape index (κ2) is 13.2. The lowest BCUT2D eigenvalue weighted by molar-refractivity contribution is -0.130. The zero-order valence-electron chi connectivity index (χ0n) is 16.8. The first-order chi connectivity index (χ1) is 13.5. The number of hydrogen-bond donors (Lipinski definition) is 2. The molecule has 2 rings (SSSR count). The van der Waals surface area contributed by atoms with Crippen LogP contribution < -0.4 is 15.4 Å². The Morgan fingerprint density at radius 1 is 1.21 bits per heavy atom. The summed E-state index contributed by atoms with van der Waals surface area (Å²) in [5, 5.41) is 7.02. The van der Waals surface area contributed by atoms with Crippen LogP contribution in [0.15, 0.2) is 47.6 Å². The van der Waals surface area contributed by atoms with Gasteiger partial charge in [-0.2, -0.15) is 0 Å². The summed E-state index contributed by atoms with van der Waals surface area (Å²) < 4.78 is 5.55. The minimum absolute atomic E-state index is 0. The first kappa shape index (κ1) is 25.0. The summed E-state index contributed by atoms with van der Waals surface area (Å²) in [7, 11) is 5.13. The van der Waals surface area contributed by atoms with E-state index in [1.165, 1.54) is 4.90 Å². The lowest BCUT2D eigenvalue weighted by Crippen LogP contribution is -2.37.